The van der Waals surface area contributed by atoms with Gasteiger partial charge in [-0.25, -0.2) is 0 Å². The molecule has 0 rings (SSSR count). The van der Waals surface area contributed by atoms with Gasteiger partial charge in [-0.05, 0) is 0 Å². The van der Waals surface area contributed by atoms with Crippen LogP contribution in [0.15, 0.2) is 0 Å². The minimum Gasteiger partial charge on any atom is -0.462 e. The maximum absolute atomic E-state index is 12.0. The van der Waals surface area contributed by atoms with Gasteiger partial charge in [0, 0.05) is 48.5 Å². The quantitative estimate of drug-likeness (QED) is 0.236. The third-order valence-electron chi connectivity index (χ3n) is 3.82. The van der Waals surface area contributed by atoms with Crippen LogP contribution in [0.4, 0.5) is 0 Å². The van der Waals surface area contributed by atoms with Crippen molar-refractivity contribution in [1.29, 1.82) is 0 Å². The van der Waals surface area contributed by atoms with E-state index in [9.17, 15) is 33.6 Å². The van der Waals surface area contributed by atoms with E-state index in [4.69, 9.17) is 33.2 Å². The van der Waals surface area contributed by atoms with Crippen LogP contribution in [0.3, 0.4) is 0 Å². The standard InChI is InChI=1S/C21H30O14/c1-10(22)29-8-17(31-12(3)24)19(33-14(5)26)21(35-16(7)28)20(34-15(6)27)18(32-13(4)25)9-30-11(2)23/h17-21H,8-9H2,1-7H3/t17-,18+,19-,20-,21?/m0/s1. The molecule has 0 bridgehead atoms. The van der Waals surface area contributed by atoms with E-state index in [2.05, 4.69) is 0 Å². The van der Waals surface area contributed by atoms with Gasteiger partial charge in [0.2, 0.25) is 0 Å². The van der Waals surface area contributed by atoms with Crippen LogP contribution in [0.5, 0.6) is 0 Å². The number of ether oxygens (including phenoxy) is 7. The first-order chi connectivity index (χ1) is 16.1. The molecule has 0 N–H and O–H groups in total. The normalized spacial score (nSPS) is 14.6. The Hall–Kier alpha value is -3.71. The molecule has 0 aromatic heterocycles. The van der Waals surface area contributed by atoms with E-state index in [1.54, 1.807) is 0 Å². The molecule has 0 fully saturated rings. The number of rotatable bonds is 13. The molecule has 0 aliphatic carbocycles. The summed E-state index contributed by atoms with van der Waals surface area (Å²) in [4.78, 5) is 81.9. The highest BCUT2D eigenvalue weighted by atomic mass is 16.7. The van der Waals surface area contributed by atoms with Crippen molar-refractivity contribution in [1.82, 2.24) is 0 Å². The van der Waals surface area contributed by atoms with Crippen molar-refractivity contribution in [2.45, 2.75) is 79.0 Å². The Morgan fingerprint density at radius 3 is 0.886 bits per heavy atom. The lowest BCUT2D eigenvalue weighted by Crippen LogP contribution is -2.57. The summed E-state index contributed by atoms with van der Waals surface area (Å²) in [6.45, 7) is 5.78. The fraction of sp³-hybridized carbons (Fsp3) is 0.667. The zero-order chi connectivity index (χ0) is 27.3. The van der Waals surface area contributed by atoms with Gasteiger partial charge in [-0.3, -0.25) is 33.6 Å². The van der Waals surface area contributed by atoms with E-state index in [0.717, 1.165) is 48.5 Å². The summed E-state index contributed by atoms with van der Waals surface area (Å²) in [5, 5.41) is 0. The van der Waals surface area contributed by atoms with E-state index in [1.807, 2.05) is 0 Å². The molecular formula is C21H30O14. The highest BCUT2D eigenvalue weighted by Gasteiger charge is 2.48. The van der Waals surface area contributed by atoms with Crippen molar-refractivity contribution < 1.29 is 66.7 Å². The van der Waals surface area contributed by atoms with E-state index in [0.29, 0.717) is 0 Å². The van der Waals surface area contributed by atoms with Crippen LogP contribution in [-0.2, 0) is 66.7 Å². The lowest BCUT2D eigenvalue weighted by Gasteiger charge is -2.37. The molecule has 0 aliphatic rings. The van der Waals surface area contributed by atoms with E-state index < -0.39 is 85.5 Å². The van der Waals surface area contributed by atoms with Gasteiger partial charge in [0.25, 0.3) is 0 Å². The molecule has 1 unspecified atom stereocenters. The highest BCUT2D eigenvalue weighted by molar-refractivity contribution is 5.70. The number of esters is 7. The number of carbonyl (C=O) groups excluding carboxylic acids is 7. The molecular weight excluding hydrogens is 476 g/mol. The summed E-state index contributed by atoms with van der Waals surface area (Å²) < 4.78 is 35.7. The summed E-state index contributed by atoms with van der Waals surface area (Å²) in [6, 6.07) is 0. The van der Waals surface area contributed by atoms with Crippen LogP contribution in [0.25, 0.3) is 0 Å². The van der Waals surface area contributed by atoms with Crippen LogP contribution >= 0.6 is 0 Å². The number of hydrogen-bond acceptors (Lipinski definition) is 14. The van der Waals surface area contributed by atoms with Gasteiger partial charge in [0.15, 0.2) is 30.5 Å². The zero-order valence-corrected chi connectivity index (χ0v) is 20.5. The molecule has 0 saturated heterocycles. The van der Waals surface area contributed by atoms with E-state index in [1.165, 1.54) is 0 Å². The third kappa shape index (κ3) is 13.6. The first-order valence-electron chi connectivity index (χ1n) is 10.3. The lowest BCUT2D eigenvalue weighted by molar-refractivity contribution is -0.216. The van der Waals surface area contributed by atoms with Crippen molar-refractivity contribution in [2.24, 2.45) is 0 Å². The Balaban J connectivity index is 6.75. The molecule has 0 aromatic carbocycles. The predicted molar refractivity (Wildman–Crippen MR) is 111 cm³/mol. The molecule has 35 heavy (non-hydrogen) atoms. The summed E-state index contributed by atoms with van der Waals surface area (Å²) in [7, 11) is 0. The second-order valence-corrected chi connectivity index (χ2v) is 7.12. The van der Waals surface area contributed by atoms with Crippen LogP contribution in [-0.4, -0.2) is 85.5 Å². The highest BCUT2D eigenvalue weighted by Crippen LogP contribution is 2.24. The molecule has 0 spiro atoms. The Morgan fingerprint density at radius 2 is 0.657 bits per heavy atom. The molecule has 0 saturated carbocycles. The minimum atomic E-state index is -1.79. The van der Waals surface area contributed by atoms with Crippen LogP contribution in [0.2, 0.25) is 0 Å². The molecule has 198 valence electrons. The Kier molecular flexibility index (Phi) is 13.6. The first kappa shape index (κ1) is 31.3. The van der Waals surface area contributed by atoms with Crippen molar-refractivity contribution in [3.05, 3.63) is 0 Å². The van der Waals surface area contributed by atoms with Gasteiger partial charge in [0.1, 0.15) is 13.2 Å². The molecule has 14 nitrogen and oxygen atoms in total. The Labute approximate surface area is 201 Å². The minimum absolute atomic E-state index is 0.653. The molecule has 0 heterocycles. The summed E-state index contributed by atoms with van der Waals surface area (Å²) in [6.07, 6.45) is -8.39. The third-order valence-corrected chi connectivity index (χ3v) is 3.82. The Bertz CT molecular complexity index is 746. The fourth-order valence-electron chi connectivity index (χ4n) is 2.82. The van der Waals surface area contributed by atoms with Gasteiger partial charge < -0.3 is 33.2 Å². The second-order valence-electron chi connectivity index (χ2n) is 7.12. The number of carbonyl (C=O) groups is 7. The first-order valence-corrected chi connectivity index (χ1v) is 10.3. The van der Waals surface area contributed by atoms with Crippen molar-refractivity contribution in [3.63, 3.8) is 0 Å². The molecule has 0 radical (unpaired) electrons. The average Bonchev–Trinajstić information content (AvgIpc) is 2.68. The van der Waals surface area contributed by atoms with Crippen molar-refractivity contribution >= 4 is 41.8 Å². The molecule has 5 atom stereocenters. The molecule has 14 heteroatoms. The van der Waals surface area contributed by atoms with Gasteiger partial charge in [-0.1, -0.05) is 0 Å². The van der Waals surface area contributed by atoms with Gasteiger partial charge in [0.05, 0.1) is 0 Å². The number of hydrogen-bond donors (Lipinski definition) is 0. The second kappa shape index (κ2) is 15.2. The van der Waals surface area contributed by atoms with Gasteiger partial charge >= 0.3 is 41.8 Å². The van der Waals surface area contributed by atoms with Crippen molar-refractivity contribution in [3.8, 4) is 0 Å². The molecule has 0 aliphatic heterocycles. The van der Waals surface area contributed by atoms with E-state index in [-0.39, 0.29) is 0 Å². The maximum Gasteiger partial charge on any atom is 0.303 e. The van der Waals surface area contributed by atoms with Crippen molar-refractivity contribution in [2.75, 3.05) is 13.2 Å². The monoisotopic (exact) mass is 506 g/mol. The molecule has 0 aromatic rings. The predicted octanol–water partition coefficient (Wildman–Crippen LogP) is -0.229. The SMILES string of the molecule is CC(=O)OC[C@H](OC(C)=O)[C@H](OC(C)=O)C(OC(C)=O)[C@@H](OC(C)=O)[C@@H](COC(C)=O)OC(C)=O. The molecule has 0 amide bonds. The maximum atomic E-state index is 12.0. The topological polar surface area (TPSA) is 184 Å². The summed E-state index contributed by atoms with van der Waals surface area (Å²) in [5.41, 5.74) is 0. The average molecular weight is 506 g/mol. The summed E-state index contributed by atoms with van der Waals surface area (Å²) in [5.74, 6) is -6.19. The smallest absolute Gasteiger partial charge is 0.303 e. The Morgan fingerprint density at radius 1 is 0.400 bits per heavy atom. The van der Waals surface area contributed by atoms with Crippen LogP contribution in [0, 0.1) is 0 Å². The lowest BCUT2D eigenvalue weighted by atomic mass is 9.98. The van der Waals surface area contributed by atoms with Gasteiger partial charge in [-0.15, -0.1) is 0 Å². The van der Waals surface area contributed by atoms with E-state index >= 15 is 0 Å². The summed E-state index contributed by atoms with van der Waals surface area (Å²) >= 11 is 0. The van der Waals surface area contributed by atoms with Crippen LogP contribution < -0.4 is 0 Å². The largest absolute Gasteiger partial charge is 0.462 e. The van der Waals surface area contributed by atoms with Gasteiger partial charge in [-0.2, -0.15) is 0 Å². The zero-order valence-electron chi connectivity index (χ0n) is 20.5. The fourth-order valence-corrected chi connectivity index (χ4v) is 2.82. The van der Waals surface area contributed by atoms with Crippen LogP contribution in [0.1, 0.15) is 48.5 Å².